The van der Waals surface area contributed by atoms with Gasteiger partial charge in [-0.3, -0.25) is 5.01 Å². The summed E-state index contributed by atoms with van der Waals surface area (Å²) >= 11 is 4.61. The quantitative estimate of drug-likeness (QED) is 0.694. The highest BCUT2D eigenvalue weighted by molar-refractivity contribution is 7.82. The van der Waals surface area contributed by atoms with Crippen LogP contribution >= 0.6 is 12.6 Å². The molecule has 2 rings (SSSR count). The second kappa shape index (κ2) is 3.84. The summed E-state index contributed by atoms with van der Waals surface area (Å²) < 4.78 is -0.124. The van der Waals surface area contributed by atoms with Crippen molar-refractivity contribution in [3.05, 3.63) is 35.7 Å². The minimum absolute atomic E-state index is 0.124. The predicted octanol–water partition coefficient (Wildman–Crippen LogP) is 3.27. The summed E-state index contributed by atoms with van der Waals surface area (Å²) in [6, 6.07) is 0.322. The number of allylic oxidation sites excluding steroid dienone is 2. The van der Waals surface area contributed by atoms with E-state index in [9.17, 15) is 0 Å². The first-order chi connectivity index (χ1) is 7.68. The zero-order chi connectivity index (χ0) is 12.8. The minimum Gasteiger partial charge on any atom is -0.301 e. The zero-order valence-electron chi connectivity index (χ0n) is 11.3. The first-order valence-corrected chi connectivity index (χ1v) is 6.53. The monoisotopic (exact) mass is 250 g/mol. The van der Waals surface area contributed by atoms with Gasteiger partial charge in [0.25, 0.3) is 0 Å². The van der Waals surface area contributed by atoms with Crippen molar-refractivity contribution < 1.29 is 0 Å². The lowest BCUT2D eigenvalue weighted by Crippen LogP contribution is -2.38. The lowest BCUT2D eigenvalue weighted by atomic mass is 9.85. The van der Waals surface area contributed by atoms with Gasteiger partial charge in [0, 0.05) is 16.6 Å². The van der Waals surface area contributed by atoms with Gasteiger partial charge in [0.15, 0.2) is 0 Å². The largest absolute Gasteiger partial charge is 0.301 e. The van der Waals surface area contributed by atoms with E-state index < -0.39 is 0 Å². The summed E-state index contributed by atoms with van der Waals surface area (Å²) in [6.45, 7) is 10.9. The average molecular weight is 250 g/mol. The third-order valence-electron chi connectivity index (χ3n) is 3.18. The molecule has 0 saturated heterocycles. The Hall–Kier alpha value is -0.830. The van der Waals surface area contributed by atoms with Crippen LogP contribution in [0.3, 0.4) is 0 Å². The molecule has 2 aliphatic heterocycles. The molecular formula is C14H22N2S. The molecule has 0 spiro atoms. The molecule has 0 saturated carbocycles. The van der Waals surface area contributed by atoms with Crippen molar-refractivity contribution in [1.29, 1.82) is 0 Å². The molecule has 1 unspecified atom stereocenters. The number of nitrogens with zero attached hydrogens (tertiary/aromatic N) is 1. The van der Waals surface area contributed by atoms with E-state index in [1.54, 1.807) is 0 Å². The van der Waals surface area contributed by atoms with Crippen molar-refractivity contribution in [2.24, 2.45) is 5.41 Å². The zero-order valence-corrected chi connectivity index (χ0v) is 12.2. The Morgan fingerprint density at radius 3 is 2.41 bits per heavy atom. The molecule has 17 heavy (non-hydrogen) atoms. The third-order valence-corrected chi connectivity index (χ3v) is 3.43. The van der Waals surface area contributed by atoms with Crippen molar-refractivity contribution in [2.45, 2.75) is 45.4 Å². The van der Waals surface area contributed by atoms with Gasteiger partial charge in [0.1, 0.15) is 0 Å². The van der Waals surface area contributed by atoms with E-state index in [0.29, 0.717) is 6.04 Å². The summed E-state index contributed by atoms with van der Waals surface area (Å²) in [7, 11) is 0. The Kier molecular flexibility index (Phi) is 2.85. The summed E-state index contributed by atoms with van der Waals surface area (Å²) in [5.41, 5.74) is 6.12. The van der Waals surface area contributed by atoms with Crippen LogP contribution in [0.1, 0.15) is 34.6 Å². The molecule has 0 bridgehead atoms. The van der Waals surface area contributed by atoms with E-state index >= 15 is 0 Å². The lowest BCUT2D eigenvalue weighted by molar-refractivity contribution is 0.298. The van der Waals surface area contributed by atoms with Crippen LogP contribution in [0.15, 0.2) is 35.7 Å². The first-order valence-electron chi connectivity index (χ1n) is 6.08. The second-order valence-corrected chi connectivity index (χ2v) is 7.46. The number of fused-ring (bicyclic) bond motifs is 1. The Labute approximate surface area is 110 Å². The van der Waals surface area contributed by atoms with E-state index in [1.807, 2.05) is 0 Å². The molecule has 2 heterocycles. The van der Waals surface area contributed by atoms with Gasteiger partial charge in [0.05, 0.1) is 6.04 Å². The van der Waals surface area contributed by atoms with Crippen LogP contribution in [0.2, 0.25) is 0 Å². The van der Waals surface area contributed by atoms with Crippen LogP contribution in [0.5, 0.6) is 0 Å². The van der Waals surface area contributed by atoms with E-state index in [1.165, 1.54) is 11.3 Å². The highest BCUT2D eigenvalue weighted by Crippen LogP contribution is 2.33. The van der Waals surface area contributed by atoms with Gasteiger partial charge < -0.3 is 5.43 Å². The van der Waals surface area contributed by atoms with Crippen molar-refractivity contribution in [3.8, 4) is 0 Å². The van der Waals surface area contributed by atoms with Crippen LogP contribution in [0, 0.1) is 5.41 Å². The number of nitrogens with one attached hydrogen (secondary N) is 1. The fourth-order valence-corrected chi connectivity index (χ4v) is 2.07. The Morgan fingerprint density at radius 1 is 1.24 bits per heavy atom. The van der Waals surface area contributed by atoms with Gasteiger partial charge in [-0.2, -0.15) is 12.6 Å². The summed E-state index contributed by atoms with van der Waals surface area (Å²) in [5, 5.41) is 2.16. The van der Waals surface area contributed by atoms with E-state index in [0.717, 1.165) is 0 Å². The molecule has 3 heteroatoms. The molecule has 0 aliphatic carbocycles. The molecule has 94 valence electrons. The fraction of sp³-hybridized carbons (Fsp3) is 0.571. The number of hydrogen-bond donors (Lipinski definition) is 2. The summed E-state index contributed by atoms with van der Waals surface area (Å²) in [5.74, 6) is 0. The lowest BCUT2D eigenvalue weighted by Gasteiger charge is -2.31. The molecule has 1 atom stereocenters. The predicted molar refractivity (Wildman–Crippen MR) is 76.6 cm³/mol. The van der Waals surface area contributed by atoms with Crippen LogP contribution in [-0.4, -0.2) is 15.8 Å². The molecule has 1 N–H and O–H groups in total. The maximum Gasteiger partial charge on any atom is 0.0882 e. The van der Waals surface area contributed by atoms with Crippen molar-refractivity contribution >= 4 is 12.6 Å². The molecule has 0 aromatic carbocycles. The maximum absolute atomic E-state index is 4.61. The number of hydrazine groups is 1. The molecule has 0 fully saturated rings. The standard InChI is InChI=1S/C14H22N2S/c1-13(2,3)10-6-7-11-8-12(14(4,5)17)15-16(11)9-10/h6-9,11,15,17H,1-5H3. The molecule has 0 amide bonds. The molecule has 0 radical (unpaired) electrons. The first kappa shape index (κ1) is 12.6. The molecule has 0 aromatic rings. The Morgan fingerprint density at radius 2 is 1.88 bits per heavy atom. The fourth-order valence-electron chi connectivity index (χ4n) is 1.95. The summed E-state index contributed by atoms with van der Waals surface area (Å²) in [6.07, 6.45) is 8.90. The van der Waals surface area contributed by atoms with Crippen LogP contribution in [-0.2, 0) is 0 Å². The number of rotatable bonds is 1. The van der Waals surface area contributed by atoms with Gasteiger partial charge in [-0.1, -0.05) is 32.9 Å². The van der Waals surface area contributed by atoms with Gasteiger partial charge >= 0.3 is 0 Å². The number of thiol groups is 1. The molecule has 2 aliphatic rings. The highest BCUT2D eigenvalue weighted by atomic mass is 32.1. The second-order valence-electron chi connectivity index (χ2n) is 6.34. The molecule has 2 nitrogen and oxygen atoms in total. The topological polar surface area (TPSA) is 15.3 Å². The van der Waals surface area contributed by atoms with Crippen LogP contribution in [0.25, 0.3) is 0 Å². The Balaban J connectivity index is 2.21. The van der Waals surface area contributed by atoms with Gasteiger partial charge in [-0.05, 0) is 30.9 Å². The van der Waals surface area contributed by atoms with Crippen molar-refractivity contribution in [1.82, 2.24) is 10.4 Å². The van der Waals surface area contributed by atoms with Gasteiger partial charge in [-0.15, -0.1) is 0 Å². The molecular weight excluding hydrogens is 228 g/mol. The smallest absolute Gasteiger partial charge is 0.0882 e. The van der Waals surface area contributed by atoms with E-state index in [-0.39, 0.29) is 10.2 Å². The van der Waals surface area contributed by atoms with Gasteiger partial charge in [-0.25, -0.2) is 0 Å². The average Bonchev–Trinajstić information content (AvgIpc) is 2.57. The van der Waals surface area contributed by atoms with Crippen LogP contribution in [0.4, 0.5) is 0 Å². The van der Waals surface area contributed by atoms with E-state index in [2.05, 4.69) is 82.1 Å². The Bertz CT molecular complexity index is 405. The van der Waals surface area contributed by atoms with Crippen molar-refractivity contribution in [2.75, 3.05) is 0 Å². The number of hydrogen-bond acceptors (Lipinski definition) is 3. The van der Waals surface area contributed by atoms with Crippen molar-refractivity contribution in [3.63, 3.8) is 0 Å². The van der Waals surface area contributed by atoms with Gasteiger partial charge in [0.2, 0.25) is 0 Å². The highest BCUT2D eigenvalue weighted by Gasteiger charge is 2.31. The van der Waals surface area contributed by atoms with E-state index in [4.69, 9.17) is 0 Å². The normalized spacial score (nSPS) is 24.1. The van der Waals surface area contributed by atoms with Crippen LogP contribution < -0.4 is 5.43 Å². The summed E-state index contributed by atoms with van der Waals surface area (Å²) in [4.78, 5) is 0. The minimum atomic E-state index is -0.124. The maximum atomic E-state index is 4.61. The molecule has 0 aromatic heterocycles. The SMILES string of the molecule is CC(C)(C)C1=CN2NC(C(C)(C)S)=CC2C=C1. The third kappa shape index (κ3) is 2.54.